The van der Waals surface area contributed by atoms with Crippen molar-refractivity contribution in [1.82, 2.24) is 15.1 Å². The molecule has 1 amide bonds. The number of para-hydroxylation sites is 1. The summed E-state index contributed by atoms with van der Waals surface area (Å²) in [5.74, 6) is 0.172. The number of esters is 1. The molecule has 0 radical (unpaired) electrons. The van der Waals surface area contributed by atoms with Gasteiger partial charge in [0.25, 0.3) is 11.8 Å². The van der Waals surface area contributed by atoms with Crippen LogP contribution in [-0.4, -0.2) is 47.2 Å². The number of carbonyl (C=O) groups is 2. The van der Waals surface area contributed by atoms with Gasteiger partial charge in [0.2, 0.25) is 5.89 Å². The van der Waals surface area contributed by atoms with Gasteiger partial charge in [-0.25, -0.2) is 4.79 Å². The fourth-order valence-electron chi connectivity index (χ4n) is 2.65. The maximum atomic E-state index is 12.6. The van der Waals surface area contributed by atoms with Crippen molar-refractivity contribution in [3.63, 3.8) is 0 Å². The second-order valence-corrected chi connectivity index (χ2v) is 7.02. The van der Waals surface area contributed by atoms with Crippen molar-refractivity contribution in [2.24, 2.45) is 0 Å². The quantitative estimate of drug-likeness (QED) is 0.494. The number of carbonyl (C=O) groups excluding carboxylic acids is 2. The van der Waals surface area contributed by atoms with Crippen LogP contribution in [0.5, 0.6) is 5.75 Å². The Balaban J connectivity index is 1.61. The highest BCUT2D eigenvalue weighted by molar-refractivity contribution is 7.13. The first kappa shape index (κ1) is 20.5. The number of aromatic nitrogens is 2. The highest BCUT2D eigenvalue weighted by Crippen LogP contribution is 2.23. The molecular weight excluding hydrogens is 394 g/mol. The molecule has 29 heavy (non-hydrogen) atoms. The Morgan fingerprint density at radius 2 is 2.00 bits per heavy atom. The van der Waals surface area contributed by atoms with Crippen LogP contribution >= 0.6 is 11.3 Å². The molecule has 0 bridgehead atoms. The minimum atomic E-state index is -0.620. The molecule has 3 rings (SSSR count). The fourth-order valence-corrected chi connectivity index (χ4v) is 3.30. The van der Waals surface area contributed by atoms with E-state index in [1.54, 1.807) is 24.3 Å². The molecule has 2 aromatic heterocycles. The molecule has 0 aliphatic rings. The second kappa shape index (κ2) is 9.83. The number of amides is 1. The van der Waals surface area contributed by atoms with E-state index in [-0.39, 0.29) is 24.6 Å². The Labute approximate surface area is 172 Å². The number of hydrogen-bond acceptors (Lipinski definition) is 8. The average Bonchev–Trinajstić information content (AvgIpc) is 3.43. The fraction of sp³-hybridized carbons (Fsp3) is 0.300. The van der Waals surface area contributed by atoms with Crippen molar-refractivity contribution < 1.29 is 23.5 Å². The number of hydrogen-bond donors (Lipinski definition) is 0. The molecule has 0 spiro atoms. The third-order valence-electron chi connectivity index (χ3n) is 4.02. The van der Waals surface area contributed by atoms with E-state index in [1.807, 2.05) is 24.4 Å². The van der Waals surface area contributed by atoms with Gasteiger partial charge in [-0.1, -0.05) is 25.1 Å². The summed E-state index contributed by atoms with van der Waals surface area (Å²) in [7, 11) is 1.47. The minimum absolute atomic E-state index is 0.150. The Morgan fingerprint density at radius 1 is 1.17 bits per heavy atom. The monoisotopic (exact) mass is 415 g/mol. The summed E-state index contributed by atoms with van der Waals surface area (Å²) in [5.41, 5.74) is 0.266. The van der Waals surface area contributed by atoms with Crippen LogP contribution in [0.2, 0.25) is 0 Å². The molecule has 9 heteroatoms. The molecule has 152 valence electrons. The van der Waals surface area contributed by atoms with Crippen LogP contribution in [0.1, 0.15) is 29.6 Å². The van der Waals surface area contributed by atoms with Gasteiger partial charge in [-0.05, 0) is 30.0 Å². The molecule has 1 aromatic carbocycles. The predicted octanol–water partition coefficient (Wildman–Crippen LogP) is 3.40. The van der Waals surface area contributed by atoms with E-state index in [2.05, 4.69) is 10.2 Å². The second-order valence-electron chi connectivity index (χ2n) is 6.07. The number of ether oxygens (including phenoxy) is 2. The van der Waals surface area contributed by atoms with Gasteiger partial charge in [0, 0.05) is 6.54 Å². The smallest absolute Gasteiger partial charge is 0.342 e. The zero-order valence-corrected chi connectivity index (χ0v) is 17.0. The summed E-state index contributed by atoms with van der Waals surface area (Å²) in [4.78, 5) is 27.3. The molecule has 0 N–H and O–H groups in total. The van der Waals surface area contributed by atoms with Gasteiger partial charge in [0.15, 0.2) is 6.61 Å². The zero-order valence-electron chi connectivity index (χ0n) is 16.2. The van der Waals surface area contributed by atoms with Crippen LogP contribution in [0, 0.1) is 0 Å². The van der Waals surface area contributed by atoms with Crippen molar-refractivity contribution >= 4 is 23.2 Å². The number of thiophene rings is 1. The lowest BCUT2D eigenvalue weighted by atomic mass is 10.2. The van der Waals surface area contributed by atoms with E-state index in [9.17, 15) is 9.59 Å². The van der Waals surface area contributed by atoms with Crippen LogP contribution in [0.3, 0.4) is 0 Å². The Kier molecular flexibility index (Phi) is 6.96. The van der Waals surface area contributed by atoms with Crippen molar-refractivity contribution in [3.05, 3.63) is 53.2 Å². The first-order valence-corrected chi connectivity index (χ1v) is 9.94. The molecule has 2 heterocycles. The summed E-state index contributed by atoms with van der Waals surface area (Å²) in [6.45, 7) is 2.19. The first-order valence-electron chi connectivity index (χ1n) is 9.06. The Hall–Kier alpha value is -3.20. The van der Waals surface area contributed by atoms with E-state index in [0.717, 1.165) is 11.3 Å². The zero-order chi connectivity index (χ0) is 20.6. The van der Waals surface area contributed by atoms with Crippen molar-refractivity contribution in [3.8, 4) is 16.5 Å². The average molecular weight is 415 g/mol. The van der Waals surface area contributed by atoms with Crippen LogP contribution in [0.4, 0.5) is 0 Å². The maximum absolute atomic E-state index is 12.6. The number of benzene rings is 1. The molecule has 0 saturated carbocycles. The first-order chi connectivity index (χ1) is 14.1. The Morgan fingerprint density at radius 3 is 2.72 bits per heavy atom. The van der Waals surface area contributed by atoms with E-state index in [4.69, 9.17) is 13.9 Å². The van der Waals surface area contributed by atoms with Crippen LogP contribution in [0.15, 0.2) is 46.2 Å². The third kappa shape index (κ3) is 5.20. The van der Waals surface area contributed by atoms with Crippen molar-refractivity contribution in [2.45, 2.75) is 19.9 Å². The van der Waals surface area contributed by atoms with Crippen LogP contribution < -0.4 is 4.74 Å². The van der Waals surface area contributed by atoms with Gasteiger partial charge >= 0.3 is 5.97 Å². The predicted molar refractivity (Wildman–Crippen MR) is 107 cm³/mol. The highest BCUT2D eigenvalue weighted by atomic mass is 32.1. The summed E-state index contributed by atoms with van der Waals surface area (Å²) in [6.07, 6.45) is 0.734. The van der Waals surface area contributed by atoms with Gasteiger partial charge < -0.3 is 18.8 Å². The molecule has 0 aliphatic heterocycles. The number of nitrogens with zero attached hydrogens (tertiary/aromatic N) is 3. The SMILES string of the molecule is CCCN(Cc1nnc(-c2cccs2)o1)C(=O)COC(=O)c1ccccc1OC. The van der Waals surface area contributed by atoms with E-state index in [1.165, 1.54) is 23.3 Å². The van der Waals surface area contributed by atoms with Gasteiger partial charge in [0.05, 0.1) is 18.5 Å². The minimum Gasteiger partial charge on any atom is -0.496 e. The van der Waals surface area contributed by atoms with Gasteiger partial charge in [-0.2, -0.15) is 0 Å². The van der Waals surface area contributed by atoms with E-state index >= 15 is 0 Å². The van der Waals surface area contributed by atoms with Gasteiger partial charge in [-0.3, -0.25) is 4.79 Å². The summed E-state index contributed by atoms with van der Waals surface area (Å²) in [5, 5.41) is 9.95. The Bertz CT molecular complexity index is 955. The largest absolute Gasteiger partial charge is 0.496 e. The van der Waals surface area contributed by atoms with Gasteiger partial charge in [-0.15, -0.1) is 21.5 Å². The molecule has 0 atom stereocenters. The molecule has 0 saturated heterocycles. The van der Waals surface area contributed by atoms with Crippen molar-refractivity contribution in [2.75, 3.05) is 20.3 Å². The molecule has 0 aliphatic carbocycles. The van der Waals surface area contributed by atoms with Crippen molar-refractivity contribution in [1.29, 1.82) is 0 Å². The van der Waals surface area contributed by atoms with Gasteiger partial charge in [0.1, 0.15) is 11.3 Å². The summed E-state index contributed by atoms with van der Waals surface area (Å²) < 4.78 is 16.0. The molecule has 8 nitrogen and oxygen atoms in total. The molecular formula is C20H21N3O5S. The van der Waals surface area contributed by atoms with E-state index < -0.39 is 5.97 Å². The lowest BCUT2D eigenvalue weighted by Gasteiger charge is -2.20. The molecule has 0 fully saturated rings. The number of methoxy groups -OCH3 is 1. The lowest BCUT2D eigenvalue weighted by molar-refractivity contribution is -0.135. The lowest BCUT2D eigenvalue weighted by Crippen LogP contribution is -2.35. The standard InChI is InChI=1S/C20H21N3O5S/c1-3-10-23(12-17-21-22-19(28-17)16-9-6-11-29-16)18(24)13-27-20(25)14-7-4-5-8-15(14)26-2/h4-9,11H,3,10,12-13H2,1-2H3. The van der Waals surface area contributed by atoms with E-state index in [0.29, 0.717) is 24.1 Å². The molecule has 0 unspecified atom stereocenters. The topological polar surface area (TPSA) is 94.8 Å². The van der Waals surface area contributed by atoms with Crippen LogP contribution in [-0.2, 0) is 16.1 Å². The third-order valence-corrected chi connectivity index (χ3v) is 4.88. The summed E-state index contributed by atoms with van der Waals surface area (Å²) >= 11 is 1.49. The molecule has 3 aromatic rings. The maximum Gasteiger partial charge on any atom is 0.342 e. The summed E-state index contributed by atoms with van der Waals surface area (Å²) in [6, 6.07) is 10.5. The normalized spacial score (nSPS) is 10.6. The van der Waals surface area contributed by atoms with Crippen LogP contribution in [0.25, 0.3) is 10.8 Å². The number of rotatable bonds is 9. The highest BCUT2D eigenvalue weighted by Gasteiger charge is 2.20.